The number of rotatable bonds is 5. The Bertz CT molecular complexity index is 330. The standard InChI is InChI=1S/C11H13NO2/c1-2-14-11-5-3-4-10(8-11)6-7-12-9-13/h3-5,8H,2,6-7H2,1H3. The number of carbonyl (C=O) groups excluding carboxylic acids is 1. The van der Waals surface area contributed by atoms with Crippen molar-refractivity contribution >= 4 is 6.08 Å². The molecule has 0 aliphatic rings. The van der Waals surface area contributed by atoms with Crippen LogP contribution in [0.4, 0.5) is 0 Å². The summed E-state index contributed by atoms with van der Waals surface area (Å²) in [6.07, 6.45) is 2.27. The topological polar surface area (TPSA) is 38.7 Å². The molecule has 0 unspecified atom stereocenters. The summed E-state index contributed by atoms with van der Waals surface area (Å²) < 4.78 is 5.34. The lowest BCUT2D eigenvalue weighted by atomic mass is 10.1. The second-order valence-corrected chi connectivity index (χ2v) is 2.80. The molecular formula is C11H13NO2. The third-order valence-electron chi connectivity index (χ3n) is 1.79. The Morgan fingerprint density at radius 3 is 3.07 bits per heavy atom. The van der Waals surface area contributed by atoms with Crippen LogP contribution in [-0.2, 0) is 11.2 Å². The molecule has 0 radical (unpaired) electrons. The number of hydrogen-bond acceptors (Lipinski definition) is 3. The van der Waals surface area contributed by atoms with Crippen LogP contribution in [-0.4, -0.2) is 19.2 Å². The number of isocyanates is 1. The Labute approximate surface area is 83.4 Å². The first-order chi connectivity index (χ1) is 6.86. The maximum atomic E-state index is 9.85. The molecule has 1 aromatic carbocycles. The molecular weight excluding hydrogens is 178 g/mol. The molecule has 1 aromatic rings. The van der Waals surface area contributed by atoms with E-state index in [0.717, 1.165) is 17.7 Å². The lowest BCUT2D eigenvalue weighted by Crippen LogP contribution is -1.94. The summed E-state index contributed by atoms with van der Waals surface area (Å²) in [5.41, 5.74) is 1.12. The van der Waals surface area contributed by atoms with Gasteiger partial charge in [-0.1, -0.05) is 12.1 Å². The molecule has 14 heavy (non-hydrogen) atoms. The number of benzene rings is 1. The van der Waals surface area contributed by atoms with E-state index < -0.39 is 0 Å². The van der Waals surface area contributed by atoms with Crippen LogP contribution in [0.25, 0.3) is 0 Å². The fourth-order valence-corrected chi connectivity index (χ4v) is 1.19. The zero-order valence-electron chi connectivity index (χ0n) is 8.19. The van der Waals surface area contributed by atoms with Crippen molar-refractivity contribution in [3.05, 3.63) is 29.8 Å². The third-order valence-corrected chi connectivity index (χ3v) is 1.79. The van der Waals surface area contributed by atoms with E-state index in [1.54, 1.807) is 0 Å². The summed E-state index contributed by atoms with van der Waals surface area (Å²) in [7, 11) is 0. The molecule has 74 valence electrons. The van der Waals surface area contributed by atoms with Crippen LogP contribution < -0.4 is 4.74 Å². The fraction of sp³-hybridized carbons (Fsp3) is 0.364. The van der Waals surface area contributed by atoms with Crippen molar-refractivity contribution in [2.45, 2.75) is 13.3 Å². The van der Waals surface area contributed by atoms with Gasteiger partial charge in [0.05, 0.1) is 13.2 Å². The van der Waals surface area contributed by atoms with E-state index >= 15 is 0 Å². The first-order valence-electron chi connectivity index (χ1n) is 4.62. The predicted molar refractivity (Wildman–Crippen MR) is 54.3 cm³/mol. The number of nitrogens with zero attached hydrogens (tertiary/aromatic N) is 1. The van der Waals surface area contributed by atoms with E-state index in [-0.39, 0.29) is 0 Å². The second-order valence-electron chi connectivity index (χ2n) is 2.80. The summed E-state index contributed by atoms with van der Waals surface area (Å²) in [5, 5.41) is 0. The molecule has 0 atom stereocenters. The molecule has 0 aliphatic carbocycles. The van der Waals surface area contributed by atoms with Crippen molar-refractivity contribution in [3.63, 3.8) is 0 Å². The first kappa shape index (κ1) is 10.5. The molecule has 0 spiro atoms. The van der Waals surface area contributed by atoms with Crippen LogP contribution in [0, 0.1) is 0 Å². The van der Waals surface area contributed by atoms with Crippen molar-refractivity contribution in [2.75, 3.05) is 13.2 Å². The smallest absolute Gasteiger partial charge is 0.234 e. The zero-order valence-corrected chi connectivity index (χ0v) is 8.19. The number of hydrogen-bond donors (Lipinski definition) is 0. The summed E-state index contributed by atoms with van der Waals surface area (Å²) in [6, 6.07) is 7.80. The fourth-order valence-electron chi connectivity index (χ4n) is 1.19. The van der Waals surface area contributed by atoms with Crippen LogP contribution in [0.2, 0.25) is 0 Å². The van der Waals surface area contributed by atoms with Crippen LogP contribution in [0.5, 0.6) is 5.75 Å². The molecule has 0 aromatic heterocycles. The van der Waals surface area contributed by atoms with Crippen molar-refractivity contribution in [2.24, 2.45) is 4.99 Å². The maximum absolute atomic E-state index is 9.85. The SMILES string of the molecule is CCOc1cccc(CCN=C=O)c1. The van der Waals surface area contributed by atoms with Gasteiger partial charge >= 0.3 is 0 Å². The molecule has 0 saturated carbocycles. The Hall–Kier alpha value is -1.60. The molecule has 0 aliphatic heterocycles. The average molecular weight is 191 g/mol. The Morgan fingerprint density at radius 2 is 2.36 bits per heavy atom. The van der Waals surface area contributed by atoms with Crippen LogP contribution in [0.1, 0.15) is 12.5 Å². The predicted octanol–water partition coefficient (Wildman–Crippen LogP) is 1.96. The lowest BCUT2D eigenvalue weighted by Gasteiger charge is -2.04. The summed E-state index contributed by atoms with van der Waals surface area (Å²) in [6.45, 7) is 3.10. The molecule has 3 heteroatoms. The highest BCUT2D eigenvalue weighted by molar-refractivity contribution is 5.33. The summed E-state index contributed by atoms with van der Waals surface area (Å²) >= 11 is 0. The Morgan fingerprint density at radius 1 is 1.50 bits per heavy atom. The molecule has 3 nitrogen and oxygen atoms in total. The van der Waals surface area contributed by atoms with Crippen molar-refractivity contribution in [1.82, 2.24) is 0 Å². The van der Waals surface area contributed by atoms with E-state index in [1.807, 2.05) is 31.2 Å². The summed E-state index contributed by atoms with van der Waals surface area (Å²) in [4.78, 5) is 13.3. The average Bonchev–Trinajstić information content (AvgIpc) is 2.19. The van der Waals surface area contributed by atoms with E-state index in [0.29, 0.717) is 13.2 Å². The summed E-state index contributed by atoms with van der Waals surface area (Å²) in [5.74, 6) is 0.861. The Kier molecular flexibility index (Phi) is 4.45. The van der Waals surface area contributed by atoms with E-state index in [1.165, 1.54) is 6.08 Å². The highest BCUT2D eigenvalue weighted by Gasteiger charge is 1.95. The molecule has 0 saturated heterocycles. The van der Waals surface area contributed by atoms with Crippen LogP contribution in [0.3, 0.4) is 0 Å². The van der Waals surface area contributed by atoms with Gasteiger partial charge in [-0.3, -0.25) is 0 Å². The third kappa shape index (κ3) is 3.42. The first-order valence-corrected chi connectivity index (χ1v) is 4.62. The largest absolute Gasteiger partial charge is 0.494 e. The molecule has 0 bridgehead atoms. The molecule has 0 amide bonds. The van der Waals surface area contributed by atoms with E-state index in [2.05, 4.69) is 4.99 Å². The van der Waals surface area contributed by atoms with Gasteiger partial charge in [-0.25, -0.2) is 9.79 Å². The van der Waals surface area contributed by atoms with Crippen LogP contribution in [0.15, 0.2) is 29.3 Å². The number of aliphatic imine (C=N–C) groups is 1. The number of ether oxygens (including phenoxy) is 1. The zero-order chi connectivity index (χ0) is 10.2. The van der Waals surface area contributed by atoms with Gasteiger partial charge in [0.15, 0.2) is 0 Å². The molecule has 0 N–H and O–H groups in total. The molecule has 0 fully saturated rings. The van der Waals surface area contributed by atoms with Crippen molar-refractivity contribution in [3.8, 4) is 5.75 Å². The van der Waals surface area contributed by atoms with Crippen molar-refractivity contribution in [1.29, 1.82) is 0 Å². The van der Waals surface area contributed by atoms with Gasteiger partial charge in [0.1, 0.15) is 5.75 Å². The quantitative estimate of drug-likeness (QED) is 0.527. The van der Waals surface area contributed by atoms with Gasteiger partial charge in [-0.15, -0.1) is 0 Å². The van der Waals surface area contributed by atoms with Gasteiger partial charge < -0.3 is 4.74 Å². The van der Waals surface area contributed by atoms with Gasteiger partial charge in [-0.2, -0.15) is 0 Å². The minimum Gasteiger partial charge on any atom is -0.494 e. The van der Waals surface area contributed by atoms with E-state index in [4.69, 9.17) is 4.74 Å². The maximum Gasteiger partial charge on any atom is 0.234 e. The minimum absolute atomic E-state index is 0.485. The van der Waals surface area contributed by atoms with Gasteiger partial charge in [0.25, 0.3) is 0 Å². The van der Waals surface area contributed by atoms with Crippen LogP contribution >= 0.6 is 0 Å². The van der Waals surface area contributed by atoms with Gasteiger partial charge in [-0.05, 0) is 31.0 Å². The van der Waals surface area contributed by atoms with E-state index in [9.17, 15) is 4.79 Å². The minimum atomic E-state index is 0.485. The van der Waals surface area contributed by atoms with Gasteiger partial charge in [0.2, 0.25) is 6.08 Å². The molecule has 0 heterocycles. The highest BCUT2D eigenvalue weighted by Crippen LogP contribution is 2.13. The normalized spacial score (nSPS) is 9.21. The monoisotopic (exact) mass is 191 g/mol. The highest BCUT2D eigenvalue weighted by atomic mass is 16.5. The lowest BCUT2D eigenvalue weighted by molar-refractivity contribution is 0.340. The van der Waals surface area contributed by atoms with Gasteiger partial charge in [0, 0.05) is 0 Å². The van der Waals surface area contributed by atoms with Crippen molar-refractivity contribution < 1.29 is 9.53 Å². The Balaban J connectivity index is 2.58. The molecule has 1 rings (SSSR count). The second kappa shape index (κ2) is 5.95.